The Morgan fingerprint density at radius 3 is 2.64 bits per heavy atom. The first-order chi connectivity index (χ1) is 13.4. The molecule has 2 heterocycles. The molecule has 2 aliphatic rings. The van der Waals surface area contributed by atoms with Gasteiger partial charge in [-0.05, 0) is 49.5 Å². The van der Waals surface area contributed by atoms with Crippen molar-refractivity contribution in [2.45, 2.75) is 65.0 Å². The fraction of sp³-hybridized carbons (Fsp3) is 0.727. The summed E-state index contributed by atoms with van der Waals surface area (Å²) in [5, 5.41) is 3.09. The molecule has 156 valence electrons. The van der Waals surface area contributed by atoms with E-state index < -0.39 is 0 Å². The van der Waals surface area contributed by atoms with Crippen LogP contribution in [0.1, 0.15) is 63.2 Å². The van der Waals surface area contributed by atoms with Crippen LogP contribution in [-0.4, -0.2) is 48.6 Å². The zero-order valence-electron chi connectivity index (χ0n) is 17.4. The number of carbonyl (C=O) groups excluding carboxylic acids is 2. The lowest BCUT2D eigenvalue weighted by Crippen LogP contribution is -2.47. The second kappa shape index (κ2) is 9.59. The van der Waals surface area contributed by atoms with Gasteiger partial charge in [-0.25, -0.2) is 0 Å². The lowest BCUT2D eigenvalue weighted by molar-refractivity contribution is -0.132. The van der Waals surface area contributed by atoms with E-state index in [1.54, 1.807) is 6.07 Å². The first-order valence-corrected chi connectivity index (χ1v) is 10.7. The summed E-state index contributed by atoms with van der Waals surface area (Å²) in [6, 6.07) is 1.79. The van der Waals surface area contributed by atoms with E-state index in [4.69, 9.17) is 9.15 Å². The van der Waals surface area contributed by atoms with Crippen LogP contribution in [0.4, 0.5) is 0 Å². The number of rotatable bonds is 6. The third kappa shape index (κ3) is 5.37. The van der Waals surface area contributed by atoms with Crippen molar-refractivity contribution in [2.24, 2.45) is 17.8 Å². The van der Waals surface area contributed by atoms with Gasteiger partial charge in [0, 0.05) is 19.1 Å². The number of amides is 2. The van der Waals surface area contributed by atoms with E-state index in [0.717, 1.165) is 19.3 Å². The zero-order chi connectivity index (χ0) is 20.1. The minimum Gasteiger partial charge on any atom is -0.472 e. The van der Waals surface area contributed by atoms with Gasteiger partial charge >= 0.3 is 0 Å². The summed E-state index contributed by atoms with van der Waals surface area (Å²) in [7, 11) is 0. The van der Waals surface area contributed by atoms with Crippen LogP contribution in [0.2, 0.25) is 0 Å². The molecule has 1 aliphatic heterocycles. The highest BCUT2D eigenvalue weighted by Gasteiger charge is 2.32. The quantitative estimate of drug-likeness (QED) is 0.807. The van der Waals surface area contributed by atoms with E-state index >= 15 is 0 Å². The van der Waals surface area contributed by atoms with Crippen LogP contribution >= 0.6 is 0 Å². The predicted molar refractivity (Wildman–Crippen MR) is 107 cm³/mol. The maximum Gasteiger partial charge on any atom is 0.257 e. The first-order valence-electron chi connectivity index (χ1n) is 10.7. The summed E-state index contributed by atoms with van der Waals surface area (Å²) in [4.78, 5) is 26.5. The van der Waals surface area contributed by atoms with Crippen molar-refractivity contribution in [3.8, 4) is 0 Å². The van der Waals surface area contributed by atoms with E-state index in [9.17, 15) is 9.59 Å². The largest absolute Gasteiger partial charge is 0.472 e. The minimum atomic E-state index is -0.0413. The number of furan rings is 1. The van der Waals surface area contributed by atoms with Crippen LogP contribution in [0.3, 0.4) is 0 Å². The molecule has 1 saturated heterocycles. The standard InChI is InChI=1S/C22H34N2O4/c1-15(2)19-5-4-16(3)12-20(19)28-14-21(25)23-18-6-9-24(10-7-18)22(26)17-8-11-27-13-17/h8,11,13,15-16,18-20H,4-7,9-10,12,14H2,1-3H3,(H,23,25)/t16-,19+,20+/m1/s1. The fourth-order valence-corrected chi connectivity index (χ4v) is 4.55. The van der Waals surface area contributed by atoms with E-state index in [0.29, 0.717) is 36.4 Å². The van der Waals surface area contributed by atoms with Crippen molar-refractivity contribution in [2.75, 3.05) is 19.7 Å². The average molecular weight is 391 g/mol. The molecule has 1 saturated carbocycles. The first kappa shape index (κ1) is 20.9. The highest BCUT2D eigenvalue weighted by molar-refractivity contribution is 5.93. The third-order valence-electron chi connectivity index (χ3n) is 6.31. The van der Waals surface area contributed by atoms with Crippen LogP contribution < -0.4 is 5.32 Å². The third-order valence-corrected chi connectivity index (χ3v) is 6.31. The lowest BCUT2D eigenvalue weighted by Gasteiger charge is -2.37. The average Bonchev–Trinajstić information content (AvgIpc) is 3.21. The van der Waals surface area contributed by atoms with Gasteiger partial charge in [0.1, 0.15) is 12.9 Å². The molecule has 2 fully saturated rings. The van der Waals surface area contributed by atoms with E-state index in [2.05, 4.69) is 26.1 Å². The SMILES string of the molecule is CC(C)[C@@H]1CC[C@@H](C)C[C@@H]1OCC(=O)NC1CCN(C(=O)c2ccoc2)CC1. The maximum absolute atomic E-state index is 12.4. The Kier molecular flexibility index (Phi) is 7.16. The number of nitrogens with one attached hydrogen (secondary N) is 1. The number of carbonyl (C=O) groups is 2. The van der Waals surface area contributed by atoms with Gasteiger partial charge in [-0.1, -0.05) is 27.2 Å². The van der Waals surface area contributed by atoms with Gasteiger partial charge in [-0.2, -0.15) is 0 Å². The van der Waals surface area contributed by atoms with Gasteiger partial charge in [0.25, 0.3) is 5.91 Å². The second-order valence-corrected chi connectivity index (χ2v) is 8.82. The number of ether oxygens (including phenoxy) is 1. The van der Waals surface area contributed by atoms with Crippen LogP contribution in [0.25, 0.3) is 0 Å². The van der Waals surface area contributed by atoms with Gasteiger partial charge in [-0.15, -0.1) is 0 Å². The van der Waals surface area contributed by atoms with Gasteiger partial charge in [0.2, 0.25) is 5.91 Å². The number of hydrogen-bond acceptors (Lipinski definition) is 4. The normalized spacial score (nSPS) is 26.4. The van der Waals surface area contributed by atoms with Crippen molar-refractivity contribution in [1.29, 1.82) is 0 Å². The zero-order valence-corrected chi connectivity index (χ0v) is 17.4. The summed E-state index contributed by atoms with van der Waals surface area (Å²) in [6.45, 7) is 8.18. The van der Waals surface area contributed by atoms with Crippen molar-refractivity contribution < 1.29 is 18.7 Å². The molecule has 1 aromatic rings. The molecule has 1 N–H and O–H groups in total. The monoisotopic (exact) mass is 390 g/mol. The molecule has 6 nitrogen and oxygen atoms in total. The van der Waals surface area contributed by atoms with Crippen molar-refractivity contribution >= 4 is 11.8 Å². The van der Waals surface area contributed by atoms with Crippen LogP contribution in [0.15, 0.2) is 23.0 Å². The Balaban J connectivity index is 1.40. The summed E-state index contributed by atoms with van der Waals surface area (Å²) in [5.74, 6) is 1.74. The number of piperidine rings is 1. The molecule has 6 heteroatoms. The van der Waals surface area contributed by atoms with E-state index in [1.165, 1.54) is 25.4 Å². The van der Waals surface area contributed by atoms with E-state index in [1.807, 2.05) is 4.90 Å². The van der Waals surface area contributed by atoms with Gasteiger partial charge in [0.05, 0.1) is 17.9 Å². The molecule has 0 spiro atoms. The highest BCUT2D eigenvalue weighted by atomic mass is 16.5. The molecule has 28 heavy (non-hydrogen) atoms. The number of nitrogens with zero attached hydrogens (tertiary/aromatic N) is 1. The Morgan fingerprint density at radius 2 is 2.00 bits per heavy atom. The summed E-state index contributed by atoms with van der Waals surface area (Å²) < 4.78 is 11.0. The van der Waals surface area contributed by atoms with Crippen LogP contribution in [0, 0.1) is 17.8 Å². The second-order valence-electron chi connectivity index (χ2n) is 8.82. The lowest BCUT2D eigenvalue weighted by atomic mass is 9.75. The number of hydrogen-bond donors (Lipinski definition) is 1. The molecule has 1 aliphatic carbocycles. The molecule has 2 amide bonds. The van der Waals surface area contributed by atoms with E-state index in [-0.39, 0.29) is 30.6 Å². The molecule has 3 rings (SSSR count). The Bertz CT molecular complexity index is 635. The molecule has 1 aromatic heterocycles. The Hall–Kier alpha value is -1.82. The molecule has 0 radical (unpaired) electrons. The van der Waals surface area contributed by atoms with Gasteiger partial charge in [-0.3, -0.25) is 9.59 Å². The smallest absolute Gasteiger partial charge is 0.257 e. The topological polar surface area (TPSA) is 71.8 Å². The Labute approximate surface area is 168 Å². The predicted octanol–water partition coefficient (Wildman–Crippen LogP) is 3.48. The molecule has 3 atom stereocenters. The van der Waals surface area contributed by atoms with Crippen LogP contribution in [0.5, 0.6) is 0 Å². The highest BCUT2D eigenvalue weighted by Crippen LogP contribution is 2.35. The maximum atomic E-state index is 12.4. The number of likely N-dealkylation sites (tertiary alicyclic amines) is 1. The minimum absolute atomic E-state index is 0.00648. The van der Waals surface area contributed by atoms with Crippen molar-refractivity contribution in [3.05, 3.63) is 24.2 Å². The summed E-state index contributed by atoms with van der Waals surface area (Å²) in [6.07, 6.45) is 8.20. The Morgan fingerprint density at radius 1 is 1.25 bits per heavy atom. The van der Waals surface area contributed by atoms with Crippen LogP contribution in [-0.2, 0) is 9.53 Å². The molecular weight excluding hydrogens is 356 g/mol. The molecule has 0 unspecified atom stereocenters. The van der Waals surface area contributed by atoms with Gasteiger partial charge < -0.3 is 19.4 Å². The van der Waals surface area contributed by atoms with Gasteiger partial charge in [0.15, 0.2) is 0 Å². The summed E-state index contributed by atoms with van der Waals surface area (Å²) in [5.41, 5.74) is 0.581. The molecule has 0 aromatic carbocycles. The van der Waals surface area contributed by atoms with Crippen molar-refractivity contribution in [1.82, 2.24) is 10.2 Å². The molecular formula is C22H34N2O4. The molecule has 0 bridgehead atoms. The summed E-state index contributed by atoms with van der Waals surface area (Å²) >= 11 is 0. The van der Waals surface area contributed by atoms with Crippen molar-refractivity contribution in [3.63, 3.8) is 0 Å². The fourth-order valence-electron chi connectivity index (χ4n) is 4.55.